The highest BCUT2D eigenvalue weighted by Gasteiger charge is 2.24. The van der Waals surface area contributed by atoms with Gasteiger partial charge in [-0.05, 0) is 49.3 Å². The number of nitrogens with one attached hydrogen (secondary N) is 2. The van der Waals surface area contributed by atoms with Gasteiger partial charge in [0.1, 0.15) is 0 Å². The third kappa shape index (κ3) is 2.68. The Kier molecular flexibility index (Phi) is 3.80. The zero-order valence-electron chi connectivity index (χ0n) is 13.4. The van der Waals surface area contributed by atoms with Gasteiger partial charge in [0, 0.05) is 24.2 Å². The summed E-state index contributed by atoms with van der Waals surface area (Å²) in [5.41, 5.74) is 4.51. The number of benzene rings is 1. The maximum atomic E-state index is 12.4. The van der Waals surface area contributed by atoms with Crippen LogP contribution in [0.5, 0.6) is 0 Å². The first-order valence-electron chi connectivity index (χ1n) is 8.38. The van der Waals surface area contributed by atoms with E-state index in [0.29, 0.717) is 24.4 Å². The van der Waals surface area contributed by atoms with E-state index in [0.717, 1.165) is 54.5 Å². The number of hydrogen-bond acceptors (Lipinski definition) is 4. The van der Waals surface area contributed by atoms with Crippen LogP contribution in [0, 0.1) is 0 Å². The molecule has 0 spiro atoms. The second kappa shape index (κ2) is 6.11. The van der Waals surface area contributed by atoms with Crippen LogP contribution in [0.25, 0.3) is 0 Å². The van der Waals surface area contributed by atoms with Crippen molar-refractivity contribution in [2.75, 3.05) is 6.54 Å². The van der Waals surface area contributed by atoms with E-state index < -0.39 is 0 Å². The Morgan fingerprint density at radius 1 is 1.25 bits per heavy atom. The molecule has 2 aromatic rings. The first-order valence-corrected chi connectivity index (χ1v) is 8.38. The van der Waals surface area contributed by atoms with Crippen LogP contribution in [0.1, 0.15) is 56.1 Å². The minimum absolute atomic E-state index is 0.0475. The fraction of sp³-hybridized carbons (Fsp3) is 0.389. The van der Waals surface area contributed by atoms with Crippen molar-refractivity contribution < 1.29 is 14.1 Å². The summed E-state index contributed by atoms with van der Waals surface area (Å²) in [7, 11) is 0. The fourth-order valence-corrected chi connectivity index (χ4v) is 3.40. The van der Waals surface area contributed by atoms with E-state index in [9.17, 15) is 9.59 Å². The molecule has 2 aliphatic rings. The molecule has 0 bridgehead atoms. The molecule has 0 radical (unpaired) electrons. The van der Waals surface area contributed by atoms with Crippen LogP contribution in [0.4, 0.5) is 0 Å². The van der Waals surface area contributed by atoms with Crippen LogP contribution >= 0.6 is 0 Å². The topological polar surface area (TPSA) is 84.2 Å². The number of hydrogen-bond donors (Lipinski definition) is 2. The van der Waals surface area contributed by atoms with Gasteiger partial charge in [-0.25, -0.2) is 0 Å². The highest BCUT2D eigenvalue weighted by Crippen LogP contribution is 2.24. The quantitative estimate of drug-likeness (QED) is 0.901. The Bertz CT molecular complexity index is 810. The van der Waals surface area contributed by atoms with Gasteiger partial charge in [0.25, 0.3) is 11.8 Å². The zero-order chi connectivity index (χ0) is 16.5. The standard InChI is InChI=1S/C18H19N3O3/c22-17-14-9-11(5-6-12(14)7-8-19-17)10-20-18(23)16-13-3-1-2-4-15(13)21-24-16/h5-6,9H,1-4,7-8,10H2,(H,19,22)(H,20,23). The summed E-state index contributed by atoms with van der Waals surface area (Å²) in [6.07, 6.45) is 4.73. The Morgan fingerprint density at radius 2 is 2.12 bits per heavy atom. The van der Waals surface area contributed by atoms with E-state index >= 15 is 0 Å². The number of nitrogens with zero attached hydrogens (tertiary/aromatic N) is 1. The van der Waals surface area contributed by atoms with E-state index in [1.54, 1.807) is 0 Å². The number of aromatic nitrogens is 1. The van der Waals surface area contributed by atoms with Crippen LogP contribution in [-0.2, 0) is 25.8 Å². The molecule has 0 unspecified atom stereocenters. The molecular formula is C18H19N3O3. The third-order valence-corrected chi connectivity index (χ3v) is 4.72. The lowest BCUT2D eigenvalue weighted by Gasteiger charge is -2.17. The SMILES string of the molecule is O=C1NCCc2ccc(CNC(=O)c3onc4c3CCCC4)cc21. The summed E-state index contributed by atoms with van der Waals surface area (Å²) in [5.74, 6) is 0.0435. The molecular weight excluding hydrogens is 306 g/mol. The van der Waals surface area contributed by atoms with Crippen molar-refractivity contribution in [3.63, 3.8) is 0 Å². The molecule has 124 valence electrons. The third-order valence-electron chi connectivity index (χ3n) is 4.72. The number of fused-ring (bicyclic) bond motifs is 2. The van der Waals surface area contributed by atoms with Crippen LogP contribution in [0.15, 0.2) is 22.7 Å². The van der Waals surface area contributed by atoms with Gasteiger partial charge in [-0.1, -0.05) is 17.3 Å². The van der Waals surface area contributed by atoms with Crippen molar-refractivity contribution in [3.05, 3.63) is 51.9 Å². The molecule has 0 saturated carbocycles. The maximum absolute atomic E-state index is 12.4. The average Bonchev–Trinajstić information content (AvgIpc) is 3.04. The predicted octanol–water partition coefficient (Wildman–Crippen LogP) is 1.77. The van der Waals surface area contributed by atoms with Crippen LogP contribution in [0.3, 0.4) is 0 Å². The summed E-state index contributed by atoms with van der Waals surface area (Å²) in [5, 5.41) is 9.72. The largest absolute Gasteiger partial charge is 0.352 e. The van der Waals surface area contributed by atoms with Gasteiger partial charge in [-0.2, -0.15) is 0 Å². The van der Waals surface area contributed by atoms with E-state index in [4.69, 9.17) is 4.52 Å². The molecule has 1 aliphatic heterocycles. The lowest BCUT2D eigenvalue weighted by Crippen LogP contribution is -2.32. The summed E-state index contributed by atoms with van der Waals surface area (Å²) >= 11 is 0. The first kappa shape index (κ1) is 14.9. The minimum atomic E-state index is -0.243. The molecule has 24 heavy (non-hydrogen) atoms. The lowest BCUT2D eigenvalue weighted by atomic mass is 9.96. The van der Waals surface area contributed by atoms with Crippen LogP contribution in [-0.4, -0.2) is 23.5 Å². The molecule has 1 aromatic carbocycles. The van der Waals surface area contributed by atoms with Crippen molar-refractivity contribution >= 4 is 11.8 Å². The Hall–Kier alpha value is -2.63. The highest BCUT2D eigenvalue weighted by molar-refractivity contribution is 5.97. The molecule has 6 heteroatoms. The zero-order valence-corrected chi connectivity index (χ0v) is 13.4. The molecule has 1 aromatic heterocycles. The summed E-state index contributed by atoms with van der Waals surface area (Å²) in [6.45, 7) is 1.04. The Labute approximate surface area is 139 Å². The molecule has 6 nitrogen and oxygen atoms in total. The number of carbonyl (C=O) groups is 2. The van der Waals surface area contributed by atoms with Crippen molar-refractivity contribution in [1.82, 2.24) is 15.8 Å². The monoisotopic (exact) mass is 325 g/mol. The smallest absolute Gasteiger partial charge is 0.290 e. The van der Waals surface area contributed by atoms with E-state index in [1.165, 1.54) is 0 Å². The van der Waals surface area contributed by atoms with Gasteiger partial charge in [0.15, 0.2) is 0 Å². The normalized spacial score (nSPS) is 16.1. The number of aryl methyl sites for hydroxylation is 1. The molecule has 2 heterocycles. The van der Waals surface area contributed by atoms with Gasteiger partial charge < -0.3 is 15.2 Å². The Morgan fingerprint density at radius 3 is 3.04 bits per heavy atom. The van der Waals surface area contributed by atoms with Crippen molar-refractivity contribution in [1.29, 1.82) is 0 Å². The Balaban J connectivity index is 1.47. The highest BCUT2D eigenvalue weighted by atomic mass is 16.5. The summed E-state index contributed by atoms with van der Waals surface area (Å²) in [4.78, 5) is 24.3. The van der Waals surface area contributed by atoms with Crippen molar-refractivity contribution in [2.24, 2.45) is 0 Å². The van der Waals surface area contributed by atoms with Crippen LogP contribution in [0.2, 0.25) is 0 Å². The molecule has 2 amide bonds. The molecule has 1 aliphatic carbocycles. The second-order valence-corrected chi connectivity index (χ2v) is 6.32. The van der Waals surface area contributed by atoms with Gasteiger partial charge in [-0.3, -0.25) is 9.59 Å². The van der Waals surface area contributed by atoms with E-state index in [-0.39, 0.29) is 11.8 Å². The lowest BCUT2D eigenvalue weighted by molar-refractivity contribution is 0.0912. The average molecular weight is 325 g/mol. The van der Waals surface area contributed by atoms with Gasteiger partial charge >= 0.3 is 0 Å². The van der Waals surface area contributed by atoms with Gasteiger partial charge in [0.2, 0.25) is 5.76 Å². The number of rotatable bonds is 3. The first-order chi connectivity index (χ1) is 11.7. The summed E-state index contributed by atoms with van der Waals surface area (Å²) in [6, 6.07) is 5.76. The molecule has 0 atom stereocenters. The maximum Gasteiger partial charge on any atom is 0.290 e. The predicted molar refractivity (Wildman–Crippen MR) is 86.8 cm³/mol. The van der Waals surface area contributed by atoms with Gasteiger partial charge in [0.05, 0.1) is 5.69 Å². The molecule has 0 saturated heterocycles. The van der Waals surface area contributed by atoms with Crippen molar-refractivity contribution in [3.8, 4) is 0 Å². The van der Waals surface area contributed by atoms with Crippen molar-refractivity contribution in [2.45, 2.75) is 38.6 Å². The number of carbonyl (C=O) groups excluding carboxylic acids is 2. The van der Waals surface area contributed by atoms with Crippen LogP contribution < -0.4 is 10.6 Å². The van der Waals surface area contributed by atoms with Gasteiger partial charge in [-0.15, -0.1) is 0 Å². The summed E-state index contributed by atoms with van der Waals surface area (Å²) < 4.78 is 5.25. The van der Waals surface area contributed by atoms with E-state index in [1.807, 2.05) is 18.2 Å². The minimum Gasteiger partial charge on any atom is -0.352 e. The molecule has 0 fully saturated rings. The number of amides is 2. The molecule has 2 N–H and O–H groups in total. The molecule has 4 rings (SSSR count). The second-order valence-electron chi connectivity index (χ2n) is 6.32. The fourth-order valence-electron chi connectivity index (χ4n) is 3.40. The van der Waals surface area contributed by atoms with E-state index in [2.05, 4.69) is 15.8 Å².